The highest BCUT2D eigenvalue weighted by molar-refractivity contribution is 14.1. The Labute approximate surface area is 425 Å². The molecular formula is C46H82I2O19. The second-order valence-electron chi connectivity index (χ2n) is 16.2. The van der Waals surface area contributed by atoms with Crippen LogP contribution < -0.4 is 0 Å². The highest BCUT2D eigenvalue weighted by atomic mass is 127. The Balaban J connectivity index is 0.000000272. The van der Waals surface area contributed by atoms with Gasteiger partial charge >= 0.3 is 5.97 Å². The van der Waals surface area contributed by atoms with Gasteiger partial charge in [-0.2, -0.15) is 0 Å². The van der Waals surface area contributed by atoms with Gasteiger partial charge in [-0.15, -0.1) is 0 Å². The van der Waals surface area contributed by atoms with Crippen molar-refractivity contribution in [1.82, 2.24) is 0 Å². The fourth-order valence-electron chi connectivity index (χ4n) is 7.55. The monoisotopic (exact) mass is 1190 g/mol. The summed E-state index contributed by atoms with van der Waals surface area (Å²) in [6.45, 7) is 17.6. The minimum atomic E-state index is -0.211. The molecule has 9 rings (SSSR count). The maximum absolute atomic E-state index is 10.8. The molecule has 5 N–H and O–H groups in total. The van der Waals surface area contributed by atoms with Crippen LogP contribution in [0.4, 0.5) is 0 Å². The largest absolute Gasteiger partial charge is 0.462 e. The predicted molar refractivity (Wildman–Crippen MR) is 263 cm³/mol. The quantitative estimate of drug-likeness (QED) is 0.0498. The lowest BCUT2D eigenvalue weighted by Gasteiger charge is -2.31. The number of ether oxygens (including phenoxy) is 12. The minimum absolute atomic E-state index is 0.00116. The summed E-state index contributed by atoms with van der Waals surface area (Å²) in [6.07, 6.45) is 9.46. The van der Waals surface area contributed by atoms with E-state index in [2.05, 4.69) is 45.2 Å². The first-order valence-corrected chi connectivity index (χ1v) is 26.4. The molecule has 0 amide bonds. The van der Waals surface area contributed by atoms with Crippen LogP contribution in [0.15, 0.2) is 12.2 Å². The molecule has 0 spiro atoms. The lowest BCUT2D eigenvalue weighted by atomic mass is 9.94. The van der Waals surface area contributed by atoms with Crippen LogP contribution >= 0.6 is 45.2 Å². The summed E-state index contributed by atoms with van der Waals surface area (Å²) in [6, 6.07) is 0. The molecule has 21 heteroatoms. The van der Waals surface area contributed by atoms with Gasteiger partial charge in [0.2, 0.25) is 0 Å². The van der Waals surface area contributed by atoms with Crippen LogP contribution in [0.25, 0.3) is 0 Å². The summed E-state index contributed by atoms with van der Waals surface area (Å²) >= 11 is 4.64. The Morgan fingerprint density at radius 2 is 1.01 bits per heavy atom. The Bertz CT molecular complexity index is 1210. The summed E-state index contributed by atoms with van der Waals surface area (Å²) in [5.41, 5.74) is 0. The Kier molecular flexibility index (Phi) is 37.7. The first kappa shape index (κ1) is 62.8. The number of hydrogen-bond acceptors (Lipinski definition) is 19. The SMILES string of the molecule is C1=CCOC1.CC.CC(=O)O[C@H]1CCO[C@@H]2COC[C@H]12.O=CCCOC1COC[C@@H]1I.OCCCO.OCCCO[C@H]1COC[C@@H]1I.O[C@H]1CCO[C@H]2COCC21.O[C@H]1CCO[C@H]2COC[C@H]21. The van der Waals surface area contributed by atoms with E-state index in [4.69, 9.17) is 72.2 Å². The number of rotatable bonds is 11. The van der Waals surface area contributed by atoms with Gasteiger partial charge in [-0.05, 0) is 25.7 Å². The molecule has 8 saturated heterocycles. The molecule has 0 saturated carbocycles. The molecule has 13 atom stereocenters. The molecule has 8 fully saturated rings. The van der Waals surface area contributed by atoms with Gasteiger partial charge in [0.25, 0.3) is 0 Å². The standard InChI is InChI=1S/C9H14O4.C7H13IO3.C7H11IO3.2C7H12O3.C4H6O.C3H8O2.C2H6/c1-6(10)13-8-2-3-12-9-5-11-4-7(8)9;2*8-6-4-10-5-7(6)11-3-1-2-9;2*8-6-1-2-10-7-4-9-3-5(6)7;1-2-4-5-3-1;4-2-1-3-5;1-2/h7-9H,2-5H2,1H3;6-7,9H,1-5H2;2,6-7H,1,3-5H2;2*5-8H,1-4H2;1-2H,3-4H2;4-5H,1-3H2;1-2H3/t7-,8+,9-;6-,7-;6-,7?;5?,6-,7-;5-,6-,7-;;;/m10000.../s1. The van der Waals surface area contributed by atoms with Crippen molar-refractivity contribution in [1.29, 1.82) is 0 Å². The molecule has 0 aromatic heterocycles. The molecular weight excluding hydrogens is 1110 g/mol. The number of aldehydes is 1. The van der Waals surface area contributed by atoms with Gasteiger partial charge in [0.1, 0.15) is 12.4 Å². The van der Waals surface area contributed by atoms with Crippen LogP contribution in [0.3, 0.4) is 0 Å². The number of alkyl halides is 2. The number of aliphatic hydroxyl groups excluding tert-OH is 5. The van der Waals surface area contributed by atoms with Gasteiger partial charge in [-0.3, -0.25) is 4.79 Å². The van der Waals surface area contributed by atoms with E-state index in [9.17, 15) is 19.8 Å². The molecule has 0 aromatic carbocycles. The van der Waals surface area contributed by atoms with Crippen LogP contribution in [-0.2, 0) is 66.4 Å². The predicted octanol–water partition coefficient (Wildman–Crippen LogP) is 2.26. The van der Waals surface area contributed by atoms with E-state index < -0.39 is 0 Å². The normalized spacial score (nSPS) is 33.9. The van der Waals surface area contributed by atoms with Crippen molar-refractivity contribution in [3.63, 3.8) is 0 Å². The fraction of sp³-hybridized carbons (Fsp3) is 0.913. The van der Waals surface area contributed by atoms with Crippen LogP contribution in [0, 0.1) is 17.8 Å². The molecule has 0 aliphatic carbocycles. The number of halogens is 2. The maximum atomic E-state index is 10.8. The molecule has 394 valence electrons. The highest BCUT2D eigenvalue weighted by Gasteiger charge is 2.41. The highest BCUT2D eigenvalue weighted by Crippen LogP contribution is 2.30. The lowest BCUT2D eigenvalue weighted by molar-refractivity contribution is -0.158. The first-order chi connectivity index (χ1) is 32.6. The summed E-state index contributed by atoms with van der Waals surface area (Å²) in [4.78, 5) is 20.7. The fourth-order valence-corrected chi connectivity index (χ4v) is 8.89. The van der Waals surface area contributed by atoms with Gasteiger partial charge in [-0.25, -0.2) is 0 Å². The Hall–Kier alpha value is -0.300. The number of fused-ring (bicyclic) bond motifs is 3. The smallest absolute Gasteiger partial charge is 0.302 e. The van der Waals surface area contributed by atoms with Gasteiger partial charge in [0.05, 0.1) is 143 Å². The number of esters is 1. The van der Waals surface area contributed by atoms with Crippen LogP contribution in [0.1, 0.15) is 59.3 Å². The lowest BCUT2D eigenvalue weighted by Crippen LogP contribution is -2.41. The summed E-state index contributed by atoms with van der Waals surface area (Å²) < 4.78 is 64.1. The van der Waals surface area contributed by atoms with Crippen LogP contribution in [0.5, 0.6) is 0 Å². The topological polar surface area (TPSA) is 246 Å². The Morgan fingerprint density at radius 1 is 0.582 bits per heavy atom. The third-order valence-corrected chi connectivity index (χ3v) is 13.6. The summed E-state index contributed by atoms with van der Waals surface area (Å²) in [5.74, 6) is 0.526. The van der Waals surface area contributed by atoms with Crippen molar-refractivity contribution in [3.8, 4) is 0 Å². The zero-order valence-electron chi connectivity index (χ0n) is 39.8. The summed E-state index contributed by atoms with van der Waals surface area (Å²) in [5, 5.41) is 43.1. The average Bonchev–Trinajstić information content (AvgIpc) is 4.19. The van der Waals surface area contributed by atoms with Crippen molar-refractivity contribution in [3.05, 3.63) is 12.2 Å². The molecule has 0 aromatic rings. The van der Waals surface area contributed by atoms with Crippen LogP contribution in [0.2, 0.25) is 0 Å². The van der Waals surface area contributed by atoms with Gasteiger partial charge < -0.3 is 87.2 Å². The molecule has 19 nitrogen and oxygen atoms in total. The number of aliphatic hydroxyl groups is 5. The first-order valence-electron chi connectivity index (χ1n) is 23.9. The molecule has 0 radical (unpaired) electrons. The third-order valence-electron chi connectivity index (χ3n) is 11.3. The van der Waals surface area contributed by atoms with Gasteiger partial charge in [-0.1, -0.05) is 71.2 Å². The van der Waals surface area contributed by atoms with E-state index in [-0.39, 0.29) is 92.4 Å². The molecule has 2 unspecified atom stereocenters. The van der Waals surface area contributed by atoms with Crippen molar-refractivity contribution in [2.75, 3.05) is 132 Å². The molecule has 9 aliphatic rings. The molecule has 0 bridgehead atoms. The Morgan fingerprint density at radius 3 is 1.39 bits per heavy atom. The van der Waals surface area contributed by atoms with E-state index in [0.29, 0.717) is 107 Å². The maximum Gasteiger partial charge on any atom is 0.302 e. The number of carbonyl (C=O) groups is 2. The van der Waals surface area contributed by atoms with Crippen molar-refractivity contribution >= 4 is 57.4 Å². The molecule has 67 heavy (non-hydrogen) atoms. The van der Waals surface area contributed by atoms with Gasteiger partial charge in [0, 0.05) is 77.2 Å². The minimum Gasteiger partial charge on any atom is -0.462 e. The van der Waals surface area contributed by atoms with E-state index >= 15 is 0 Å². The van der Waals surface area contributed by atoms with E-state index in [1.807, 2.05) is 26.0 Å². The number of hydrogen-bond donors (Lipinski definition) is 5. The van der Waals surface area contributed by atoms with Crippen molar-refractivity contribution < 1.29 is 92.0 Å². The number of carbonyl (C=O) groups excluding carboxylic acids is 2. The van der Waals surface area contributed by atoms with Gasteiger partial charge in [0.15, 0.2) is 0 Å². The van der Waals surface area contributed by atoms with E-state index in [1.54, 1.807) is 0 Å². The van der Waals surface area contributed by atoms with Crippen LogP contribution in [-0.4, -0.2) is 227 Å². The van der Waals surface area contributed by atoms with Crippen molar-refractivity contribution in [2.24, 2.45) is 17.8 Å². The van der Waals surface area contributed by atoms with E-state index in [0.717, 1.165) is 58.4 Å². The molecule has 9 aliphatic heterocycles. The molecule has 9 heterocycles. The van der Waals surface area contributed by atoms with E-state index in [1.165, 1.54) is 6.92 Å². The zero-order valence-corrected chi connectivity index (χ0v) is 44.1. The summed E-state index contributed by atoms with van der Waals surface area (Å²) in [7, 11) is 0. The second-order valence-corrected chi connectivity index (χ2v) is 19.4. The average molecular weight is 1190 g/mol. The zero-order chi connectivity index (χ0) is 49.1. The second kappa shape index (κ2) is 40.2. The van der Waals surface area contributed by atoms with Crippen molar-refractivity contribution in [2.45, 2.75) is 116 Å². The third kappa shape index (κ3) is 26.3.